The lowest BCUT2D eigenvalue weighted by atomic mass is 10.1. The number of thiophene rings is 1. The lowest BCUT2D eigenvalue weighted by molar-refractivity contribution is 0.292. The first kappa shape index (κ1) is 14.9. The van der Waals surface area contributed by atoms with E-state index in [1.807, 2.05) is 18.2 Å². The van der Waals surface area contributed by atoms with Gasteiger partial charge in [-0.05, 0) is 53.4 Å². The van der Waals surface area contributed by atoms with Crippen LogP contribution in [0.4, 0.5) is 0 Å². The molecule has 1 aromatic carbocycles. The molecule has 1 aromatic heterocycles. The van der Waals surface area contributed by atoms with Gasteiger partial charge in [0, 0.05) is 6.07 Å². The van der Waals surface area contributed by atoms with E-state index in [-0.39, 0.29) is 0 Å². The summed E-state index contributed by atoms with van der Waals surface area (Å²) < 4.78 is 11.6. The first-order valence-corrected chi connectivity index (χ1v) is 7.87. The number of benzene rings is 1. The predicted molar refractivity (Wildman–Crippen MR) is 83.6 cm³/mol. The van der Waals surface area contributed by atoms with Crippen molar-refractivity contribution in [2.24, 2.45) is 5.73 Å². The zero-order valence-corrected chi connectivity index (χ0v) is 12.6. The second-order valence-electron chi connectivity index (χ2n) is 4.58. The van der Waals surface area contributed by atoms with E-state index < -0.39 is 0 Å². The third-order valence-electron chi connectivity index (χ3n) is 2.90. The molecule has 0 atom stereocenters. The summed E-state index contributed by atoms with van der Waals surface area (Å²) in [6, 6.07) is 8.07. The van der Waals surface area contributed by atoms with E-state index in [0.717, 1.165) is 36.5 Å². The standard InChI is InChI=1S/C16H21NO2S/c1-2-8-18-15-4-3-14(5-7-17)16(10-15)19-11-13-6-9-20-12-13/h3-4,6,9-10,12H,2,5,7-8,11,17H2,1H3. The van der Waals surface area contributed by atoms with Gasteiger partial charge in [-0.2, -0.15) is 11.3 Å². The molecule has 0 aliphatic heterocycles. The molecule has 0 saturated heterocycles. The van der Waals surface area contributed by atoms with Crippen molar-refractivity contribution >= 4 is 11.3 Å². The first-order valence-electron chi connectivity index (χ1n) is 6.93. The Morgan fingerprint density at radius 1 is 1.20 bits per heavy atom. The van der Waals surface area contributed by atoms with Crippen LogP contribution >= 0.6 is 11.3 Å². The zero-order chi connectivity index (χ0) is 14.2. The number of rotatable bonds is 8. The highest BCUT2D eigenvalue weighted by Crippen LogP contribution is 2.26. The van der Waals surface area contributed by atoms with Crippen LogP contribution in [0, 0.1) is 0 Å². The third kappa shape index (κ3) is 4.25. The Balaban J connectivity index is 2.08. The molecule has 20 heavy (non-hydrogen) atoms. The van der Waals surface area contributed by atoms with Crippen LogP contribution in [-0.4, -0.2) is 13.2 Å². The monoisotopic (exact) mass is 291 g/mol. The molecule has 0 unspecified atom stereocenters. The van der Waals surface area contributed by atoms with Crippen molar-refractivity contribution in [1.29, 1.82) is 0 Å². The Morgan fingerprint density at radius 3 is 2.80 bits per heavy atom. The third-order valence-corrected chi connectivity index (χ3v) is 3.63. The first-order chi connectivity index (χ1) is 9.83. The second-order valence-corrected chi connectivity index (χ2v) is 5.36. The molecule has 2 N–H and O–H groups in total. The second kappa shape index (κ2) is 7.92. The average Bonchev–Trinajstić information content (AvgIpc) is 2.98. The van der Waals surface area contributed by atoms with Gasteiger partial charge < -0.3 is 15.2 Å². The van der Waals surface area contributed by atoms with Gasteiger partial charge in [0.2, 0.25) is 0 Å². The molecule has 0 saturated carbocycles. The fourth-order valence-electron chi connectivity index (χ4n) is 1.88. The minimum atomic E-state index is 0.582. The van der Waals surface area contributed by atoms with Crippen molar-refractivity contribution in [1.82, 2.24) is 0 Å². The molecule has 1 heterocycles. The maximum atomic E-state index is 5.93. The number of hydrogen-bond donors (Lipinski definition) is 1. The summed E-state index contributed by atoms with van der Waals surface area (Å²) in [6.45, 7) is 4.01. The summed E-state index contributed by atoms with van der Waals surface area (Å²) >= 11 is 1.68. The highest BCUT2D eigenvalue weighted by atomic mass is 32.1. The van der Waals surface area contributed by atoms with Crippen molar-refractivity contribution < 1.29 is 9.47 Å². The van der Waals surface area contributed by atoms with Gasteiger partial charge in [-0.3, -0.25) is 0 Å². The topological polar surface area (TPSA) is 44.5 Å². The van der Waals surface area contributed by atoms with Gasteiger partial charge in [0.05, 0.1) is 6.61 Å². The molecule has 3 nitrogen and oxygen atoms in total. The van der Waals surface area contributed by atoms with Crippen molar-refractivity contribution in [3.8, 4) is 11.5 Å². The maximum absolute atomic E-state index is 5.93. The van der Waals surface area contributed by atoms with Gasteiger partial charge in [-0.15, -0.1) is 0 Å². The lowest BCUT2D eigenvalue weighted by Gasteiger charge is -2.13. The van der Waals surface area contributed by atoms with Crippen LogP contribution in [-0.2, 0) is 13.0 Å². The zero-order valence-electron chi connectivity index (χ0n) is 11.8. The molecular formula is C16H21NO2S. The molecule has 0 bridgehead atoms. The van der Waals surface area contributed by atoms with Crippen molar-refractivity contribution in [3.63, 3.8) is 0 Å². The molecule has 4 heteroatoms. The Hall–Kier alpha value is -1.52. The highest BCUT2D eigenvalue weighted by molar-refractivity contribution is 7.07. The van der Waals surface area contributed by atoms with E-state index in [1.165, 1.54) is 5.56 Å². The van der Waals surface area contributed by atoms with Crippen LogP contribution in [0.15, 0.2) is 35.0 Å². The van der Waals surface area contributed by atoms with E-state index in [2.05, 4.69) is 23.8 Å². The van der Waals surface area contributed by atoms with Gasteiger partial charge in [0.15, 0.2) is 0 Å². The molecule has 0 spiro atoms. The molecule has 0 aliphatic carbocycles. The number of nitrogens with two attached hydrogens (primary N) is 1. The minimum Gasteiger partial charge on any atom is -0.493 e. The maximum Gasteiger partial charge on any atom is 0.126 e. The Labute approximate surface area is 124 Å². The predicted octanol–water partition coefficient (Wildman–Crippen LogP) is 3.62. The lowest BCUT2D eigenvalue weighted by Crippen LogP contribution is -2.06. The molecular weight excluding hydrogens is 270 g/mol. The smallest absolute Gasteiger partial charge is 0.126 e. The van der Waals surface area contributed by atoms with Crippen molar-refractivity contribution in [2.45, 2.75) is 26.4 Å². The summed E-state index contributed by atoms with van der Waals surface area (Å²) in [4.78, 5) is 0. The molecule has 108 valence electrons. The SMILES string of the molecule is CCCOc1ccc(CCN)c(OCc2ccsc2)c1. The van der Waals surface area contributed by atoms with Gasteiger partial charge in [0.25, 0.3) is 0 Å². The van der Waals surface area contributed by atoms with Gasteiger partial charge in [-0.25, -0.2) is 0 Å². The molecule has 0 amide bonds. The molecule has 0 aliphatic rings. The van der Waals surface area contributed by atoms with E-state index >= 15 is 0 Å². The molecule has 2 aromatic rings. The highest BCUT2D eigenvalue weighted by Gasteiger charge is 2.06. The van der Waals surface area contributed by atoms with Crippen molar-refractivity contribution in [3.05, 3.63) is 46.2 Å². The Bertz CT molecular complexity index is 511. The average molecular weight is 291 g/mol. The quantitative estimate of drug-likeness (QED) is 0.808. The Kier molecular flexibility index (Phi) is 5.89. The van der Waals surface area contributed by atoms with Crippen LogP contribution in [0.3, 0.4) is 0 Å². The van der Waals surface area contributed by atoms with Gasteiger partial charge in [0.1, 0.15) is 18.1 Å². The molecule has 0 radical (unpaired) electrons. The summed E-state index contributed by atoms with van der Waals surface area (Å²) in [5.41, 5.74) is 7.97. The van der Waals surface area contributed by atoms with Gasteiger partial charge in [-0.1, -0.05) is 13.0 Å². The number of hydrogen-bond acceptors (Lipinski definition) is 4. The summed E-state index contributed by atoms with van der Waals surface area (Å²) in [7, 11) is 0. The summed E-state index contributed by atoms with van der Waals surface area (Å²) in [5, 5.41) is 4.15. The van der Waals surface area contributed by atoms with Gasteiger partial charge >= 0.3 is 0 Å². The van der Waals surface area contributed by atoms with Crippen LogP contribution < -0.4 is 15.2 Å². The normalized spacial score (nSPS) is 10.5. The van der Waals surface area contributed by atoms with E-state index in [4.69, 9.17) is 15.2 Å². The van der Waals surface area contributed by atoms with E-state index in [1.54, 1.807) is 11.3 Å². The van der Waals surface area contributed by atoms with E-state index in [9.17, 15) is 0 Å². The molecule has 2 rings (SSSR count). The van der Waals surface area contributed by atoms with Crippen LogP contribution in [0.5, 0.6) is 11.5 Å². The Morgan fingerprint density at radius 2 is 2.10 bits per heavy atom. The van der Waals surface area contributed by atoms with Crippen LogP contribution in [0.2, 0.25) is 0 Å². The van der Waals surface area contributed by atoms with Crippen LogP contribution in [0.25, 0.3) is 0 Å². The number of ether oxygens (including phenoxy) is 2. The van der Waals surface area contributed by atoms with E-state index in [0.29, 0.717) is 13.2 Å². The minimum absolute atomic E-state index is 0.582. The summed E-state index contributed by atoms with van der Waals surface area (Å²) in [6.07, 6.45) is 1.81. The fraction of sp³-hybridized carbons (Fsp3) is 0.375. The summed E-state index contributed by atoms with van der Waals surface area (Å²) in [5.74, 6) is 1.73. The molecule has 0 fully saturated rings. The van der Waals surface area contributed by atoms with Crippen molar-refractivity contribution in [2.75, 3.05) is 13.2 Å². The fourth-order valence-corrected chi connectivity index (χ4v) is 2.53. The largest absolute Gasteiger partial charge is 0.493 e. The van der Waals surface area contributed by atoms with Crippen LogP contribution in [0.1, 0.15) is 24.5 Å².